The number of fused-ring (bicyclic) bond motifs is 1. The predicted octanol–water partition coefficient (Wildman–Crippen LogP) is 4.20. The van der Waals surface area contributed by atoms with Crippen LogP contribution in [0.2, 0.25) is 0 Å². The van der Waals surface area contributed by atoms with E-state index in [1.54, 1.807) is 10.9 Å². The molecule has 136 valence electrons. The summed E-state index contributed by atoms with van der Waals surface area (Å²) in [6.07, 6.45) is -1.55. The van der Waals surface area contributed by atoms with Crippen LogP contribution in [0, 0.1) is 6.92 Å². The molecule has 0 amide bonds. The largest absolute Gasteiger partial charge is 0.507 e. The van der Waals surface area contributed by atoms with E-state index in [0.717, 1.165) is 6.07 Å². The van der Waals surface area contributed by atoms with E-state index in [1.165, 1.54) is 13.1 Å². The summed E-state index contributed by atoms with van der Waals surface area (Å²) in [7, 11) is 0. The van der Waals surface area contributed by atoms with Crippen LogP contribution in [-0.2, 0) is 6.18 Å². The highest BCUT2D eigenvalue weighted by atomic mass is 19.4. The third-order valence-electron chi connectivity index (χ3n) is 4.57. The van der Waals surface area contributed by atoms with Gasteiger partial charge >= 0.3 is 6.18 Å². The Morgan fingerprint density at radius 3 is 2.58 bits per heavy atom. The summed E-state index contributed by atoms with van der Waals surface area (Å²) in [6, 6.07) is 1.59. The highest BCUT2D eigenvalue weighted by Gasteiger charge is 2.33. The van der Waals surface area contributed by atoms with E-state index in [4.69, 9.17) is 0 Å². The molecule has 1 N–H and O–H groups in total. The van der Waals surface area contributed by atoms with E-state index in [9.17, 15) is 22.7 Å². The molecule has 0 spiro atoms. The molecule has 3 aromatic rings. The van der Waals surface area contributed by atoms with Gasteiger partial charge in [0.1, 0.15) is 17.4 Å². The zero-order valence-corrected chi connectivity index (χ0v) is 13.6. The van der Waals surface area contributed by atoms with Crippen LogP contribution in [-0.4, -0.2) is 31.0 Å². The van der Waals surface area contributed by atoms with Gasteiger partial charge in [0.2, 0.25) is 0 Å². The van der Waals surface area contributed by atoms with E-state index in [0.29, 0.717) is 30.1 Å². The topological polar surface area (TPSA) is 63.8 Å². The first-order chi connectivity index (χ1) is 12.2. The van der Waals surface area contributed by atoms with Gasteiger partial charge < -0.3 is 5.11 Å². The van der Waals surface area contributed by atoms with Crippen LogP contribution in [0.15, 0.2) is 24.5 Å². The zero-order valence-electron chi connectivity index (χ0n) is 13.6. The average Bonchev–Trinajstić information content (AvgIpc) is 2.93. The fourth-order valence-electron chi connectivity index (χ4n) is 3.13. The summed E-state index contributed by atoms with van der Waals surface area (Å²) in [5.74, 6) is -0.523. The molecule has 0 bridgehead atoms. The summed E-state index contributed by atoms with van der Waals surface area (Å²) in [5, 5.41) is 14.4. The number of aryl methyl sites for hydroxylation is 1. The molecule has 0 radical (unpaired) electrons. The minimum atomic E-state index is -4.55. The van der Waals surface area contributed by atoms with Crippen molar-refractivity contribution >= 4 is 11.2 Å². The zero-order chi connectivity index (χ0) is 18.6. The number of aromatic nitrogens is 4. The summed E-state index contributed by atoms with van der Waals surface area (Å²) in [6.45, 7) is 1.46. The van der Waals surface area contributed by atoms with Crippen molar-refractivity contribution in [2.75, 3.05) is 0 Å². The van der Waals surface area contributed by atoms with Gasteiger partial charge in [0.25, 0.3) is 0 Å². The number of phenols is 1. The van der Waals surface area contributed by atoms with Gasteiger partial charge in [0.05, 0.1) is 29.7 Å². The van der Waals surface area contributed by atoms with Gasteiger partial charge in [0.15, 0.2) is 5.65 Å². The second kappa shape index (κ2) is 5.65. The van der Waals surface area contributed by atoms with E-state index in [2.05, 4.69) is 15.1 Å². The smallest absolute Gasteiger partial charge is 0.416 e. The molecule has 0 saturated heterocycles. The fraction of sp³-hybridized carbons (Fsp3) is 0.353. The van der Waals surface area contributed by atoms with Gasteiger partial charge in [-0.25, -0.2) is 14.4 Å². The van der Waals surface area contributed by atoms with Crippen molar-refractivity contribution < 1.29 is 22.7 Å². The minimum absolute atomic E-state index is 0.0364. The summed E-state index contributed by atoms with van der Waals surface area (Å²) >= 11 is 0. The molecule has 0 unspecified atom stereocenters. The third-order valence-corrected chi connectivity index (χ3v) is 4.57. The molecule has 1 fully saturated rings. The first-order valence-electron chi connectivity index (χ1n) is 7.99. The molecular formula is C17H14F4N4O. The number of aromatic hydroxyl groups is 1. The first kappa shape index (κ1) is 16.7. The lowest BCUT2D eigenvalue weighted by Gasteiger charge is -2.29. The molecule has 1 saturated carbocycles. The van der Waals surface area contributed by atoms with Crippen LogP contribution in [0.4, 0.5) is 17.6 Å². The molecule has 5 nitrogen and oxygen atoms in total. The quantitative estimate of drug-likeness (QED) is 0.691. The first-order valence-corrected chi connectivity index (χ1v) is 7.99. The van der Waals surface area contributed by atoms with Crippen molar-refractivity contribution in [2.45, 2.75) is 38.2 Å². The Morgan fingerprint density at radius 1 is 1.23 bits per heavy atom. The van der Waals surface area contributed by atoms with Crippen molar-refractivity contribution in [1.29, 1.82) is 0 Å². The molecule has 4 rings (SSSR count). The molecule has 2 aromatic heterocycles. The number of benzene rings is 1. The molecule has 1 aliphatic rings. The van der Waals surface area contributed by atoms with Crippen molar-refractivity contribution in [1.82, 2.24) is 19.7 Å². The van der Waals surface area contributed by atoms with Gasteiger partial charge in [-0.2, -0.15) is 18.3 Å². The SMILES string of the molecule is Cc1cc(C(F)(F)F)cc(O)c1-c1cnc2cn(C3CC(F)C3)nc2n1. The number of rotatable bonds is 2. The Hall–Kier alpha value is -2.71. The molecule has 1 aromatic carbocycles. The number of hydrogen-bond acceptors (Lipinski definition) is 4. The van der Waals surface area contributed by atoms with Gasteiger partial charge in [-0.3, -0.25) is 4.68 Å². The number of phenolic OH excluding ortho intramolecular Hbond substituents is 1. The lowest BCUT2D eigenvalue weighted by atomic mass is 9.91. The molecular weight excluding hydrogens is 352 g/mol. The molecule has 2 heterocycles. The summed E-state index contributed by atoms with van der Waals surface area (Å²) in [5.41, 5.74) is 0.492. The van der Waals surface area contributed by atoms with E-state index in [1.807, 2.05) is 0 Å². The maximum Gasteiger partial charge on any atom is 0.416 e. The Balaban J connectivity index is 1.75. The molecule has 1 aliphatic carbocycles. The van der Waals surface area contributed by atoms with E-state index < -0.39 is 23.7 Å². The van der Waals surface area contributed by atoms with Crippen LogP contribution >= 0.6 is 0 Å². The Morgan fingerprint density at radius 2 is 1.96 bits per heavy atom. The normalized spacial score (nSPS) is 20.3. The van der Waals surface area contributed by atoms with Crippen LogP contribution < -0.4 is 0 Å². The Bertz CT molecular complexity index is 969. The standard InChI is InChI=1S/C17H14F4N4O/c1-8-2-9(17(19,20)21)3-14(26)15(8)12-6-22-13-7-25(24-16(13)23-12)11-4-10(18)5-11/h2-3,6-7,10-11,26H,4-5H2,1H3. The fourth-order valence-corrected chi connectivity index (χ4v) is 3.13. The lowest BCUT2D eigenvalue weighted by molar-refractivity contribution is -0.137. The van der Waals surface area contributed by atoms with Crippen molar-refractivity contribution in [3.63, 3.8) is 0 Å². The maximum absolute atomic E-state index is 13.0. The lowest BCUT2D eigenvalue weighted by Crippen LogP contribution is -2.28. The van der Waals surface area contributed by atoms with Crippen LogP contribution in [0.1, 0.15) is 30.0 Å². The molecule has 9 heteroatoms. The van der Waals surface area contributed by atoms with Gasteiger partial charge in [-0.1, -0.05) is 0 Å². The van der Waals surface area contributed by atoms with Crippen molar-refractivity contribution in [3.05, 3.63) is 35.7 Å². The third kappa shape index (κ3) is 2.77. The Labute approximate surface area is 145 Å². The second-order valence-corrected chi connectivity index (χ2v) is 6.48. The van der Waals surface area contributed by atoms with Crippen LogP contribution in [0.3, 0.4) is 0 Å². The van der Waals surface area contributed by atoms with Crippen molar-refractivity contribution in [2.24, 2.45) is 0 Å². The van der Waals surface area contributed by atoms with Gasteiger partial charge in [0, 0.05) is 18.4 Å². The van der Waals surface area contributed by atoms with E-state index >= 15 is 0 Å². The Kier molecular flexibility index (Phi) is 3.64. The van der Waals surface area contributed by atoms with E-state index in [-0.39, 0.29) is 22.9 Å². The number of halogens is 4. The highest BCUT2D eigenvalue weighted by Crippen LogP contribution is 2.39. The number of alkyl halides is 4. The van der Waals surface area contributed by atoms with Gasteiger partial charge in [-0.15, -0.1) is 0 Å². The van der Waals surface area contributed by atoms with Gasteiger partial charge in [-0.05, 0) is 24.6 Å². The molecule has 26 heavy (non-hydrogen) atoms. The molecule has 0 aliphatic heterocycles. The predicted molar refractivity (Wildman–Crippen MR) is 85.3 cm³/mol. The van der Waals surface area contributed by atoms with Crippen LogP contribution in [0.5, 0.6) is 5.75 Å². The minimum Gasteiger partial charge on any atom is -0.507 e. The van der Waals surface area contributed by atoms with Crippen molar-refractivity contribution in [3.8, 4) is 17.0 Å². The molecule has 0 atom stereocenters. The summed E-state index contributed by atoms with van der Waals surface area (Å²) in [4.78, 5) is 8.53. The summed E-state index contributed by atoms with van der Waals surface area (Å²) < 4.78 is 53.2. The highest BCUT2D eigenvalue weighted by molar-refractivity contribution is 5.77. The van der Waals surface area contributed by atoms with Crippen LogP contribution in [0.25, 0.3) is 22.4 Å². The number of nitrogens with zero attached hydrogens (tertiary/aromatic N) is 4. The average molecular weight is 366 g/mol. The monoisotopic (exact) mass is 366 g/mol. The second-order valence-electron chi connectivity index (χ2n) is 6.48. The maximum atomic E-state index is 13.0. The number of hydrogen-bond donors (Lipinski definition) is 1.